The van der Waals surface area contributed by atoms with Gasteiger partial charge >= 0.3 is 0 Å². The third-order valence-electron chi connectivity index (χ3n) is 4.89. The first-order chi connectivity index (χ1) is 17.2. The number of carbonyl (C=O) groups excluding carboxylic acids is 1. The molecule has 1 heterocycles. The molecule has 0 aliphatic rings. The molecule has 0 aliphatic carbocycles. The second kappa shape index (κ2) is 11.2. The average molecular weight is 563 g/mol. The van der Waals surface area contributed by atoms with Gasteiger partial charge in [-0.25, -0.2) is 13.4 Å². The summed E-state index contributed by atoms with van der Waals surface area (Å²) in [6, 6.07) is 21.2. The first-order valence-electron chi connectivity index (χ1n) is 10.4. The molecular formula is C25H18Cl3N3O4S. The largest absolute Gasteiger partial charge is 0.437 e. The van der Waals surface area contributed by atoms with Crippen molar-refractivity contribution in [3.05, 3.63) is 111 Å². The number of hydrogen-bond acceptors (Lipinski definition) is 5. The Morgan fingerprint density at radius 2 is 1.61 bits per heavy atom. The van der Waals surface area contributed by atoms with Gasteiger partial charge in [0.1, 0.15) is 11.4 Å². The van der Waals surface area contributed by atoms with Crippen LogP contribution in [0.3, 0.4) is 0 Å². The summed E-state index contributed by atoms with van der Waals surface area (Å²) in [5.74, 6) is 0.0498. The minimum Gasteiger partial charge on any atom is -0.437 e. The Kier molecular flexibility index (Phi) is 8.01. The van der Waals surface area contributed by atoms with Crippen LogP contribution in [0.15, 0.2) is 90.0 Å². The average Bonchev–Trinajstić information content (AvgIpc) is 2.86. The van der Waals surface area contributed by atoms with Crippen molar-refractivity contribution in [1.29, 1.82) is 0 Å². The van der Waals surface area contributed by atoms with E-state index in [1.807, 2.05) is 30.3 Å². The van der Waals surface area contributed by atoms with Gasteiger partial charge in [-0.05, 0) is 54.1 Å². The number of ether oxygens (including phenoxy) is 1. The van der Waals surface area contributed by atoms with E-state index in [9.17, 15) is 13.2 Å². The SMILES string of the molecule is O=C(NCc1ccccc1)c1ccc(Oc2ncc(Cl)cc2NS(=O)(=O)c2ccc(Cl)c(Cl)c2)cc1. The lowest BCUT2D eigenvalue weighted by atomic mass is 10.2. The minimum atomic E-state index is -4.06. The zero-order chi connectivity index (χ0) is 25.7. The van der Waals surface area contributed by atoms with Crippen LogP contribution in [0, 0.1) is 0 Å². The number of amides is 1. The molecule has 4 aromatic rings. The second-order valence-electron chi connectivity index (χ2n) is 7.48. The molecule has 0 fully saturated rings. The topological polar surface area (TPSA) is 97.4 Å². The number of rotatable bonds is 8. The number of halogens is 3. The first-order valence-corrected chi connectivity index (χ1v) is 13.1. The Hall–Kier alpha value is -3.30. The van der Waals surface area contributed by atoms with Crippen LogP contribution in [0.2, 0.25) is 15.1 Å². The van der Waals surface area contributed by atoms with Crippen LogP contribution in [0.1, 0.15) is 15.9 Å². The standard InChI is InChI=1S/C25H18Cl3N3O4S/c26-18-12-23(31-36(33,34)20-10-11-21(27)22(28)13-20)25(30-15-18)35-19-8-6-17(7-9-19)24(32)29-14-16-4-2-1-3-5-16/h1-13,15,31H,14H2,(H,29,32). The zero-order valence-electron chi connectivity index (χ0n) is 18.4. The Balaban J connectivity index is 1.48. The Labute approximate surface area is 223 Å². The number of anilines is 1. The van der Waals surface area contributed by atoms with Gasteiger partial charge in [-0.15, -0.1) is 0 Å². The fourth-order valence-electron chi connectivity index (χ4n) is 3.10. The van der Waals surface area contributed by atoms with E-state index in [1.54, 1.807) is 24.3 Å². The van der Waals surface area contributed by atoms with Crippen molar-refractivity contribution in [1.82, 2.24) is 10.3 Å². The molecule has 0 atom stereocenters. The predicted octanol–water partition coefficient (Wildman–Crippen LogP) is 6.56. The third-order valence-corrected chi connectivity index (χ3v) is 7.20. The van der Waals surface area contributed by atoms with E-state index in [4.69, 9.17) is 39.5 Å². The lowest BCUT2D eigenvalue weighted by molar-refractivity contribution is 0.0951. The van der Waals surface area contributed by atoms with Crippen LogP contribution in [0.25, 0.3) is 0 Å². The van der Waals surface area contributed by atoms with Crippen LogP contribution < -0.4 is 14.8 Å². The highest BCUT2D eigenvalue weighted by Gasteiger charge is 2.19. The molecule has 0 spiro atoms. The van der Waals surface area contributed by atoms with Gasteiger partial charge in [-0.1, -0.05) is 65.1 Å². The number of nitrogens with zero attached hydrogens (tertiary/aromatic N) is 1. The molecular weight excluding hydrogens is 545 g/mol. The van der Waals surface area contributed by atoms with Gasteiger partial charge in [0.25, 0.3) is 15.9 Å². The van der Waals surface area contributed by atoms with E-state index in [0.717, 1.165) is 5.56 Å². The van der Waals surface area contributed by atoms with Gasteiger partial charge in [-0.2, -0.15) is 0 Å². The molecule has 0 radical (unpaired) electrons. The molecule has 36 heavy (non-hydrogen) atoms. The molecule has 0 saturated heterocycles. The number of hydrogen-bond donors (Lipinski definition) is 2. The van der Waals surface area contributed by atoms with E-state index >= 15 is 0 Å². The van der Waals surface area contributed by atoms with Crippen molar-refractivity contribution < 1.29 is 17.9 Å². The number of nitrogens with one attached hydrogen (secondary N) is 2. The van der Waals surface area contributed by atoms with Crippen LogP contribution in [-0.2, 0) is 16.6 Å². The van der Waals surface area contributed by atoms with Gasteiger partial charge in [0.15, 0.2) is 0 Å². The quantitative estimate of drug-likeness (QED) is 0.253. The van der Waals surface area contributed by atoms with Gasteiger partial charge in [0.05, 0.1) is 20.0 Å². The Morgan fingerprint density at radius 3 is 2.31 bits per heavy atom. The Bertz CT molecular complexity index is 1500. The summed E-state index contributed by atoms with van der Waals surface area (Å²) in [6.07, 6.45) is 1.32. The third kappa shape index (κ3) is 6.47. The summed E-state index contributed by atoms with van der Waals surface area (Å²) in [5.41, 5.74) is 1.43. The van der Waals surface area contributed by atoms with E-state index in [1.165, 1.54) is 30.5 Å². The fraction of sp³-hybridized carbons (Fsp3) is 0.0400. The first kappa shape index (κ1) is 25.8. The van der Waals surface area contributed by atoms with Crippen molar-refractivity contribution in [3.8, 4) is 11.6 Å². The molecule has 1 aromatic heterocycles. The maximum Gasteiger partial charge on any atom is 0.262 e. The maximum absolute atomic E-state index is 12.9. The van der Waals surface area contributed by atoms with Crippen LogP contribution >= 0.6 is 34.8 Å². The van der Waals surface area contributed by atoms with E-state index < -0.39 is 10.0 Å². The lowest BCUT2D eigenvalue weighted by Gasteiger charge is -2.13. The number of benzene rings is 3. The highest BCUT2D eigenvalue weighted by atomic mass is 35.5. The van der Waals surface area contributed by atoms with Crippen LogP contribution in [0.4, 0.5) is 5.69 Å². The van der Waals surface area contributed by atoms with Gasteiger partial charge in [0, 0.05) is 18.3 Å². The number of aromatic nitrogens is 1. The zero-order valence-corrected chi connectivity index (χ0v) is 21.5. The Morgan fingerprint density at radius 1 is 0.889 bits per heavy atom. The van der Waals surface area contributed by atoms with Crippen molar-refractivity contribution in [3.63, 3.8) is 0 Å². The van der Waals surface area contributed by atoms with E-state index in [2.05, 4.69) is 15.0 Å². The van der Waals surface area contributed by atoms with Gasteiger partial charge in [-0.3, -0.25) is 9.52 Å². The summed E-state index contributed by atoms with van der Waals surface area (Å²) in [7, 11) is -4.06. The fourth-order valence-corrected chi connectivity index (χ4v) is 4.69. The van der Waals surface area contributed by atoms with E-state index in [-0.39, 0.29) is 37.4 Å². The molecule has 1 amide bonds. The van der Waals surface area contributed by atoms with Crippen molar-refractivity contribution in [2.45, 2.75) is 11.4 Å². The van der Waals surface area contributed by atoms with Gasteiger partial charge in [0.2, 0.25) is 5.88 Å². The summed E-state index contributed by atoms with van der Waals surface area (Å²) in [6.45, 7) is 0.398. The van der Waals surface area contributed by atoms with Crippen LogP contribution in [-0.4, -0.2) is 19.3 Å². The number of pyridine rings is 1. The summed E-state index contributed by atoms with van der Waals surface area (Å²) >= 11 is 17.9. The molecule has 0 saturated carbocycles. The number of sulfonamides is 1. The second-order valence-corrected chi connectivity index (χ2v) is 10.4. The van der Waals surface area contributed by atoms with Crippen LogP contribution in [0.5, 0.6) is 11.6 Å². The highest BCUT2D eigenvalue weighted by Crippen LogP contribution is 2.32. The normalized spacial score (nSPS) is 11.1. The molecule has 0 bridgehead atoms. The molecule has 184 valence electrons. The smallest absolute Gasteiger partial charge is 0.262 e. The van der Waals surface area contributed by atoms with Crippen molar-refractivity contribution in [2.24, 2.45) is 0 Å². The van der Waals surface area contributed by atoms with Gasteiger partial charge < -0.3 is 10.1 Å². The summed E-state index contributed by atoms with van der Waals surface area (Å²) in [4.78, 5) is 16.4. The van der Waals surface area contributed by atoms with Crippen molar-refractivity contribution >= 4 is 56.4 Å². The summed E-state index contributed by atoms with van der Waals surface area (Å²) < 4.78 is 33.9. The molecule has 7 nitrogen and oxygen atoms in total. The molecule has 2 N–H and O–H groups in total. The molecule has 0 unspecified atom stereocenters. The summed E-state index contributed by atoms with van der Waals surface area (Å²) in [5, 5.41) is 3.36. The lowest BCUT2D eigenvalue weighted by Crippen LogP contribution is -2.22. The predicted molar refractivity (Wildman–Crippen MR) is 141 cm³/mol. The van der Waals surface area contributed by atoms with E-state index in [0.29, 0.717) is 17.9 Å². The number of carbonyl (C=O) groups is 1. The highest BCUT2D eigenvalue weighted by molar-refractivity contribution is 7.92. The molecule has 3 aromatic carbocycles. The maximum atomic E-state index is 12.9. The monoisotopic (exact) mass is 561 g/mol. The molecule has 11 heteroatoms. The molecule has 4 rings (SSSR count). The molecule has 0 aliphatic heterocycles. The van der Waals surface area contributed by atoms with Crippen molar-refractivity contribution in [2.75, 3.05) is 4.72 Å². The minimum absolute atomic E-state index is 0.0123.